The SMILES string of the molecule is Cc1ccc(C)c(NC(=O)NCCO[C@H]2O[C@@H]3O[C@@]4(C)CC[C@H]5[C@H](C)CC[C@@H]([C@H]2C)[C@@]35OO4)c1. The number of ether oxygens (including phenoxy) is 3. The highest BCUT2D eigenvalue weighted by Crippen LogP contribution is 2.60. The smallest absolute Gasteiger partial charge is 0.319 e. The third-order valence-corrected chi connectivity index (χ3v) is 8.41. The lowest BCUT2D eigenvalue weighted by atomic mass is 9.58. The minimum Gasteiger partial charge on any atom is -0.350 e. The van der Waals surface area contributed by atoms with Gasteiger partial charge in [-0.05, 0) is 69.1 Å². The second-order valence-corrected chi connectivity index (χ2v) is 10.8. The van der Waals surface area contributed by atoms with Crippen LogP contribution in [0.4, 0.5) is 10.5 Å². The fraction of sp³-hybridized carbons (Fsp3) is 0.731. The molecule has 1 aromatic carbocycles. The average molecular weight is 475 g/mol. The molecule has 1 spiro atoms. The van der Waals surface area contributed by atoms with Crippen molar-refractivity contribution in [1.29, 1.82) is 0 Å². The lowest BCUT2D eigenvalue weighted by molar-refractivity contribution is -0.577. The van der Waals surface area contributed by atoms with E-state index in [9.17, 15) is 4.79 Å². The van der Waals surface area contributed by atoms with Gasteiger partial charge in [-0.25, -0.2) is 14.6 Å². The van der Waals surface area contributed by atoms with Crippen LogP contribution < -0.4 is 10.6 Å². The van der Waals surface area contributed by atoms with Crippen molar-refractivity contribution in [3.63, 3.8) is 0 Å². The van der Waals surface area contributed by atoms with Gasteiger partial charge in [0.15, 0.2) is 18.2 Å². The van der Waals surface area contributed by atoms with Crippen LogP contribution in [-0.2, 0) is 24.0 Å². The first kappa shape index (κ1) is 24.0. The number of amides is 2. The number of carbonyl (C=O) groups excluding carboxylic acids is 1. The van der Waals surface area contributed by atoms with E-state index in [1.54, 1.807) is 0 Å². The van der Waals surface area contributed by atoms with Gasteiger partial charge < -0.3 is 24.8 Å². The molecule has 2 N–H and O–H groups in total. The highest BCUT2D eigenvalue weighted by Gasteiger charge is 2.69. The summed E-state index contributed by atoms with van der Waals surface area (Å²) in [5.41, 5.74) is 2.34. The van der Waals surface area contributed by atoms with Gasteiger partial charge in [-0.1, -0.05) is 26.0 Å². The Labute approximate surface area is 201 Å². The van der Waals surface area contributed by atoms with Crippen molar-refractivity contribution in [3.8, 4) is 0 Å². The lowest BCUT2D eigenvalue weighted by Crippen LogP contribution is -2.70. The lowest BCUT2D eigenvalue weighted by Gasteiger charge is -2.60. The monoisotopic (exact) mass is 474 g/mol. The average Bonchev–Trinajstić information content (AvgIpc) is 3.03. The summed E-state index contributed by atoms with van der Waals surface area (Å²) in [6.07, 6.45) is 3.03. The Morgan fingerprint density at radius 1 is 1.15 bits per heavy atom. The number of benzene rings is 1. The van der Waals surface area contributed by atoms with Gasteiger partial charge in [-0.15, -0.1) is 0 Å². The van der Waals surface area contributed by atoms with E-state index in [2.05, 4.69) is 24.5 Å². The van der Waals surface area contributed by atoms with Crippen molar-refractivity contribution >= 4 is 11.7 Å². The number of rotatable bonds is 5. The van der Waals surface area contributed by atoms with Crippen LogP contribution in [0.2, 0.25) is 0 Å². The van der Waals surface area contributed by atoms with Crippen molar-refractivity contribution < 1.29 is 28.8 Å². The van der Waals surface area contributed by atoms with E-state index in [0.29, 0.717) is 25.0 Å². The Kier molecular flexibility index (Phi) is 6.40. The van der Waals surface area contributed by atoms with E-state index >= 15 is 0 Å². The zero-order chi connectivity index (χ0) is 24.1. The first-order chi connectivity index (χ1) is 16.2. The van der Waals surface area contributed by atoms with Crippen LogP contribution in [0.1, 0.15) is 57.6 Å². The van der Waals surface area contributed by atoms with Gasteiger partial charge in [0.05, 0.1) is 6.61 Å². The molecule has 0 radical (unpaired) electrons. The minimum absolute atomic E-state index is 0.115. The molecule has 5 aliphatic rings. The van der Waals surface area contributed by atoms with E-state index in [1.807, 2.05) is 39.0 Å². The van der Waals surface area contributed by atoms with Crippen LogP contribution in [0, 0.1) is 37.5 Å². The van der Waals surface area contributed by atoms with Gasteiger partial charge in [-0.3, -0.25) is 0 Å². The standard InChI is InChI=1S/C26H38N2O6/c1-15-6-7-17(3)21(14-15)28-24(29)27-12-13-30-22-18(4)20-9-8-16(2)19-10-11-25(5)32-23(31-22)26(19,20)34-33-25/h6-7,14,16,18-20,22-23H,8-13H2,1-5H3,(H2,27,28,29)/t16-,18-,19+,20+,22+,23-,25-,26-/m1/s1. The summed E-state index contributed by atoms with van der Waals surface area (Å²) >= 11 is 0. The fourth-order valence-corrected chi connectivity index (χ4v) is 6.44. The van der Waals surface area contributed by atoms with Crippen molar-refractivity contribution in [1.82, 2.24) is 5.32 Å². The number of aryl methyl sites for hydroxylation is 2. The normalized spacial score (nSPS) is 40.9. The summed E-state index contributed by atoms with van der Waals surface area (Å²) in [6, 6.07) is 5.74. The molecule has 5 fully saturated rings. The molecule has 8 heteroatoms. The van der Waals surface area contributed by atoms with Gasteiger partial charge in [0.25, 0.3) is 0 Å². The van der Waals surface area contributed by atoms with Crippen LogP contribution >= 0.6 is 0 Å². The molecule has 4 saturated heterocycles. The Morgan fingerprint density at radius 2 is 1.97 bits per heavy atom. The molecule has 8 nitrogen and oxygen atoms in total. The number of urea groups is 1. The highest BCUT2D eigenvalue weighted by molar-refractivity contribution is 5.90. The number of hydrogen-bond acceptors (Lipinski definition) is 6. The molecule has 4 heterocycles. The van der Waals surface area contributed by atoms with E-state index < -0.39 is 24.0 Å². The van der Waals surface area contributed by atoms with Crippen LogP contribution in [0.3, 0.4) is 0 Å². The molecule has 0 aromatic heterocycles. The molecule has 2 amide bonds. The summed E-state index contributed by atoms with van der Waals surface area (Å²) < 4.78 is 18.9. The van der Waals surface area contributed by atoms with Gasteiger partial charge >= 0.3 is 6.03 Å². The number of anilines is 1. The van der Waals surface area contributed by atoms with Crippen molar-refractivity contribution in [2.24, 2.45) is 23.7 Å². The van der Waals surface area contributed by atoms with Crippen LogP contribution in [0.25, 0.3) is 0 Å². The molecule has 1 aromatic rings. The molecule has 34 heavy (non-hydrogen) atoms. The summed E-state index contributed by atoms with van der Waals surface area (Å²) in [4.78, 5) is 24.4. The Balaban J connectivity index is 1.19. The predicted molar refractivity (Wildman–Crippen MR) is 126 cm³/mol. The quantitative estimate of drug-likeness (QED) is 0.477. The second-order valence-electron chi connectivity index (χ2n) is 10.8. The molecule has 0 unspecified atom stereocenters. The maximum atomic E-state index is 12.4. The Morgan fingerprint density at radius 3 is 2.79 bits per heavy atom. The number of hydrogen-bond donors (Lipinski definition) is 2. The number of fused-ring (bicyclic) bond motifs is 2. The second kappa shape index (κ2) is 9.06. The topological polar surface area (TPSA) is 87.3 Å². The number of carbonyl (C=O) groups is 1. The zero-order valence-corrected chi connectivity index (χ0v) is 20.9. The maximum absolute atomic E-state index is 12.4. The molecule has 6 rings (SSSR count). The maximum Gasteiger partial charge on any atom is 0.319 e. The third kappa shape index (κ3) is 4.13. The molecule has 4 aliphatic heterocycles. The first-order valence-electron chi connectivity index (χ1n) is 12.7. The molecule has 1 aliphatic carbocycles. The molecular formula is C26H38N2O6. The summed E-state index contributed by atoms with van der Waals surface area (Å²) in [7, 11) is 0. The van der Waals surface area contributed by atoms with Crippen molar-refractivity contribution in [2.45, 2.75) is 84.3 Å². The molecule has 188 valence electrons. The highest BCUT2D eigenvalue weighted by atomic mass is 17.3. The van der Waals surface area contributed by atoms with Crippen LogP contribution in [-0.4, -0.2) is 43.2 Å². The fourth-order valence-electron chi connectivity index (χ4n) is 6.44. The van der Waals surface area contributed by atoms with Crippen LogP contribution in [0.5, 0.6) is 0 Å². The summed E-state index contributed by atoms with van der Waals surface area (Å²) in [6.45, 7) is 11.1. The van der Waals surface area contributed by atoms with Crippen molar-refractivity contribution in [3.05, 3.63) is 29.3 Å². The van der Waals surface area contributed by atoms with Gasteiger partial charge in [0.2, 0.25) is 5.79 Å². The molecule has 8 atom stereocenters. The van der Waals surface area contributed by atoms with Gasteiger partial charge in [-0.2, -0.15) is 0 Å². The minimum atomic E-state index is -0.795. The van der Waals surface area contributed by atoms with Crippen LogP contribution in [0.15, 0.2) is 18.2 Å². The summed E-state index contributed by atoms with van der Waals surface area (Å²) in [5, 5.41) is 5.78. The van der Waals surface area contributed by atoms with E-state index in [1.165, 1.54) is 0 Å². The van der Waals surface area contributed by atoms with E-state index in [-0.39, 0.29) is 17.9 Å². The molecule has 1 saturated carbocycles. The predicted octanol–water partition coefficient (Wildman–Crippen LogP) is 4.65. The summed E-state index contributed by atoms with van der Waals surface area (Å²) in [5.74, 6) is 0.403. The van der Waals surface area contributed by atoms with Gasteiger partial charge in [0.1, 0.15) is 0 Å². The van der Waals surface area contributed by atoms with Gasteiger partial charge in [0, 0.05) is 30.5 Å². The number of nitrogens with one attached hydrogen (secondary N) is 2. The molecule has 2 bridgehead atoms. The van der Waals surface area contributed by atoms with E-state index in [0.717, 1.165) is 42.5 Å². The zero-order valence-electron chi connectivity index (χ0n) is 20.9. The Hall–Kier alpha value is -1.71. The largest absolute Gasteiger partial charge is 0.350 e. The van der Waals surface area contributed by atoms with E-state index in [4.69, 9.17) is 24.0 Å². The molecular weight excluding hydrogens is 436 g/mol. The Bertz CT molecular complexity index is 927. The first-order valence-corrected chi connectivity index (χ1v) is 12.7. The van der Waals surface area contributed by atoms with Crippen molar-refractivity contribution in [2.75, 3.05) is 18.5 Å². The third-order valence-electron chi connectivity index (χ3n) is 8.41.